The minimum absolute atomic E-state index is 0.101. The Labute approximate surface area is 121 Å². The average molecular weight is 278 g/mol. The Morgan fingerprint density at radius 1 is 1.20 bits per heavy atom. The summed E-state index contributed by atoms with van der Waals surface area (Å²) in [5.74, 6) is 1.65. The molecule has 0 radical (unpaired) electrons. The smallest absolute Gasteiger partial charge is 0.127 e. The van der Waals surface area contributed by atoms with Crippen molar-refractivity contribution in [1.82, 2.24) is 4.90 Å². The minimum Gasteiger partial charge on any atom is -0.496 e. The first-order chi connectivity index (χ1) is 9.72. The van der Waals surface area contributed by atoms with E-state index < -0.39 is 0 Å². The molecule has 2 N–H and O–H groups in total. The summed E-state index contributed by atoms with van der Waals surface area (Å²) in [5.41, 5.74) is 6.99. The van der Waals surface area contributed by atoms with E-state index >= 15 is 0 Å². The Balaban J connectivity index is 1.94. The highest BCUT2D eigenvalue weighted by Crippen LogP contribution is 2.32. The number of piperidine rings is 1. The number of benzene rings is 1. The van der Waals surface area contributed by atoms with Crippen LogP contribution < -0.4 is 15.2 Å². The number of nitrogens with two attached hydrogens (primary N) is 1. The lowest BCUT2D eigenvalue weighted by Gasteiger charge is -2.26. The summed E-state index contributed by atoms with van der Waals surface area (Å²) in [7, 11) is 1.67. The highest BCUT2D eigenvalue weighted by molar-refractivity contribution is 5.46. The summed E-state index contributed by atoms with van der Waals surface area (Å²) in [5, 5.41) is 0. The van der Waals surface area contributed by atoms with Gasteiger partial charge in [0.05, 0.1) is 12.7 Å². The summed E-state index contributed by atoms with van der Waals surface area (Å²) in [6.45, 7) is 6.03. The molecule has 1 atom stereocenters. The van der Waals surface area contributed by atoms with Gasteiger partial charge in [0, 0.05) is 12.6 Å². The van der Waals surface area contributed by atoms with Crippen molar-refractivity contribution in [2.24, 2.45) is 5.73 Å². The van der Waals surface area contributed by atoms with Crippen molar-refractivity contribution >= 4 is 0 Å². The number of hydrogen-bond donors (Lipinski definition) is 1. The van der Waals surface area contributed by atoms with Crippen molar-refractivity contribution in [2.75, 3.05) is 33.4 Å². The van der Waals surface area contributed by atoms with Crippen LogP contribution in [0, 0.1) is 0 Å². The molecule has 4 nitrogen and oxygen atoms in total. The lowest BCUT2D eigenvalue weighted by molar-refractivity contribution is 0.182. The fraction of sp³-hybridized carbons (Fsp3) is 0.625. The zero-order chi connectivity index (χ0) is 14.4. The van der Waals surface area contributed by atoms with E-state index in [1.807, 2.05) is 25.1 Å². The van der Waals surface area contributed by atoms with Crippen LogP contribution in [0.1, 0.15) is 37.8 Å². The molecule has 1 aliphatic heterocycles. The van der Waals surface area contributed by atoms with E-state index in [1.54, 1.807) is 7.11 Å². The van der Waals surface area contributed by atoms with Crippen molar-refractivity contribution in [1.29, 1.82) is 0 Å². The van der Waals surface area contributed by atoms with E-state index in [4.69, 9.17) is 15.2 Å². The number of rotatable bonds is 6. The molecule has 1 aliphatic rings. The summed E-state index contributed by atoms with van der Waals surface area (Å²) in [6.07, 6.45) is 3.98. The summed E-state index contributed by atoms with van der Waals surface area (Å²) < 4.78 is 11.3. The van der Waals surface area contributed by atoms with Crippen LogP contribution in [0.2, 0.25) is 0 Å². The zero-order valence-corrected chi connectivity index (χ0v) is 12.6. The Morgan fingerprint density at radius 3 is 2.55 bits per heavy atom. The molecule has 2 rings (SSSR count). The van der Waals surface area contributed by atoms with E-state index in [-0.39, 0.29) is 6.04 Å². The molecule has 0 saturated carbocycles. The molecular weight excluding hydrogens is 252 g/mol. The van der Waals surface area contributed by atoms with Gasteiger partial charge in [-0.25, -0.2) is 0 Å². The molecule has 0 aliphatic carbocycles. The molecule has 1 aromatic carbocycles. The summed E-state index contributed by atoms with van der Waals surface area (Å²) in [6, 6.07) is 5.74. The molecule has 112 valence electrons. The van der Waals surface area contributed by atoms with Gasteiger partial charge >= 0.3 is 0 Å². The van der Waals surface area contributed by atoms with E-state index in [0.717, 1.165) is 23.6 Å². The van der Waals surface area contributed by atoms with Gasteiger partial charge in [0.2, 0.25) is 0 Å². The third-order valence-corrected chi connectivity index (χ3v) is 3.82. The molecule has 1 saturated heterocycles. The Bertz CT molecular complexity index is 415. The molecule has 1 aromatic rings. The topological polar surface area (TPSA) is 47.7 Å². The Morgan fingerprint density at radius 2 is 1.90 bits per heavy atom. The molecular formula is C16H26N2O2. The molecule has 4 heteroatoms. The third-order valence-electron chi connectivity index (χ3n) is 3.82. The van der Waals surface area contributed by atoms with Crippen molar-refractivity contribution in [2.45, 2.75) is 32.2 Å². The van der Waals surface area contributed by atoms with Crippen LogP contribution in [0.15, 0.2) is 18.2 Å². The number of ether oxygens (including phenoxy) is 2. The number of nitrogens with zero attached hydrogens (tertiary/aromatic N) is 1. The second-order valence-corrected chi connectivity index (χ2v) is 5.41. The fourth-order valence-electron chi connectivity index (χ4n) is 2.74. The summed E-state index contributed by atoms with van der Waals surface area (Å²) >= 11 is 0. The SMILES string of the molecule is COc1cccc(OCCN2CCCCC2)c1[C@H](C)N. The first-order valence-corrected chi connectivity index (χ1v) is 7.50. The predicted molar refractivity (Wildman–Crippen MR) is 81.4 cm³/mol. The molecule has 0 aromatic heterocycles. The zero-order valence-electron chi connectivity index (χ0n) is 12.6. The average Bonchev–Trinajstić information content (AvgIpc) is 2.47. The van der Waals surface area contributed by atoms with Gasteiger partial charge in [-0.2, -0.15) is 0 Å². The van der Waals surface area contributed by atoms with Gasteiger partial charge in [0.15, 0.2) is 0 Å². The van der Waals surface area contributed by atoms with E-state index in [1.165, 1.54) is 32.4 Å². The molecule has 0 amide bonds. The molecule has 20 heavy (non-hydrogen) atoms. The normalized spacial score (nSPS) is 17.8. The maximum absolute atomic E-state index is 6.04. The first kappa shape index (κ1) is 15.1. The quantitative estimate of drug-likeness (QED) is 0.869. The second-order valence-electron chi connectivity index (χ2n) is 5.41. The molecule has 0 unspecified atom stereocenters. The summed E-state index contributed by atoms with van der Waals surface area (Å²) in [4.78, 5) is 2.47. The van der Waals surface area contributed by atoms with Crippen LogP contribution in [0.3, 0.4) is 0 Å². The number of methoxy groups -OCH3 is 1. The molecule has 1 heterocycles. The van der Waals surface area contributed by atoms with E-state index in [9.17, 15) is 0 Å². The van der Waals surface area contributed by atoms with Gasteiger partial charge in [-0.3, -0.25) is 4.90 Å². The molecule has 0 bridgehead atoms. The van der Waals surface area contributed by atoms with Crippen LogP contribution in [0.5, 0.6) is 11.5 Å². The molecule has 1 fully saturated rings. The lowest BCUT2D eigenvalue weighted by atomic mass is 10.1. The monoisotopic (exact) mass is 278 g/mol. The Hall–Kier alpha value is -1.26. The van der Waals surface area contributed by atoms with Crippen molar-refractivity contribution < 1.29 is 9.47 Å². The van der Waals surface area contributed by atoms with Crippen LogP contribution in [-0.4, -0.2) is 38.3 Å². The van der Waals surface area contributed by atoms with Crippen molar-refractivity contribution in [3.05, 3.63) is 23.8 Å². The third kappa shape index (κ3) is 3.87. The van der Waals surface area contributed by atoms with Crippen LogP contribution >= 0.6 is 0 Å². The Kier molecular flexibility index (Phi) is 5.68. The van der Waals surface area contributed by atoms with Crippen molar-refractivity contribution in [3.8, 4) is 11.5 Å². The van der Waals surface area contributed by atoms with Gasteiger partial charge in [-0.05, 0) is 45.0 Å². The lowest BCUT2D eigenvalue weighted by Crippen LogP contribution is -2.33. The highest BCUT2D eigenvalue weighted by Gasteiger charge is 2.15. The minimum atomic E-state index is -0.101. The van der Waals surface area contributed by atoms with Gasteiger partial charge in [-0.15, -0.1) is 0 Å². The first-order valence-electron chi connectivity index (χ1n) is 7.50. The van der Waals surface area contributed by atoms with Gasteiger partial charge in [0.1, 0.15) is 18.1 Å². The molecule has 0 spiro atoms. The standard InChI is InChI=1S/C16H26N2O2/c1-13(17)16-14(19-2)7-6-8-15(16)20-12-11-18-9-4-3-5-10-18/h6-8,13H,3-5,9-12,17H2,1-2H3/t13-/m0/s1. The van der Waals surface area contributed by atoms with Crippen molar-refractivity contribution in [3.63, 3.8) is 0 Å². The maximum atomic E-state index is 6.04. The highest BCUT2D eigenvalue weighted by atomic mass is 16.5. The van der Waals surface area contributed by atoms with Gasteiger partial charge in [0.25, 0.3) is 0 Å². The van der Waals surface area contributed by atoms with E-state index in [0.29, 0.717) is 6.61 Å². The van der Waals surface area contributed by atoms with Gasteiger partial charge < -0.3 is 15.2 Å². The largest absolute Gasteiger partial charge is 0.496 e. The maximum Gasteiger partial charge on any atom is 0.127 e. The van der Waals surface area contributed by atoms with Crippen LogP contribution in [-0.2, 0) is 0 Å². The van der Waals surface area contributed by atoms with Gasteiger partial charge in [-0.1, -0.05) is 12.5 Å². The van der Waals surface area contributed by atoms with E-state index in [2.05, 4.69) is 4.90 Å². The second kappa shape index (κ2) is 7.50. The number of hydrogen-bond acceptors (Lipinski definition) is 4. The number of likely N-dealkylation sites (tertiary alicyclic amines) is 1. The predicted octanol–water partition coefficient (Wildman–Crippen LogP) is 2.58. The van der Waals surface area contributed by atoms with Crippen LogP contribution in [0.4, 0.5) is 0 Å². The van der Waals surface area contributed by atoms with Crippen LogP contribution in [0.25, 0.3) is 0 Å². The fourth-order valence-corrected chi connectivity index (χ4v) is 2.74.